The van der Waals surface area contributed by atoms with Gasteiger partial charge in [-0.2, -0.15) is 5.10 Å². The Bertz CT molecular complexity index is 831. The Kier molecular flexibility index (Phi) is 3.51. The number of nitrogens with one attached hydrogen (secondary N) is 1. The van der Waals surface area contributed by atoms with E-state index >= 15 is 0 Å². The molecule has 1 N–H and O–H groups in total. The second-order valence-corrected chi connectivity index (χ2v) is 5.52. The Balaban J connectivity index is 1.67. The number of morpholine rings is 1. The highest BCUT2D eigenvalue weighted by Gasteiger charge is 2.30. The minimum Gasteiger partial charge on any atom is -0.377 e. The van der Waals surface area contributed by atoms with Gasteiger partial charge in [-0.15, -0.1) is 0 Å². The molecule has 1 aromatic carbocycles. The number of para-hydroxylation sites is 1. The molecule has 1 amide bonds. The first-order valence-corrected chi connectivity index (χ1v) is 7.56. The van der Waals surface area contributed by atoms with Gasteiger partial charge >= 0.3 is 0 Å². The number of amides is 1. The minimum atomic E-state index is -0.148. The maximum absolute atomic E-state index is 12.9. The summed E-state index contributed by atoms with van der Waals surface area (Å²) in [7, 11) is 0. The summed E-state index contributed by atoms with van der Waals surface area (Å²) in [6.07, 6.45) is 3.33. The second-order valence-electron chi connectivity index (χ2n) is 5.52. The number of aromatic nitrogens is 3. The van der Waals surface area contributed by atoms with E-state index in [1.165, 1.54) is 0 Å². The zero-order chi connectivity index (χ0) is 15.6. The lowest BCUT2D eigenvalue weighted by molar-refractivity contribution is -0.00392. The zero-order valence-electron chi connectivity index (χ0n) is 12.5. The predicted octanol–water partition coefficient (Wildman–Crippen LogP) is 2.17. The van der Waals surface area contributed by atoms with Crippen molar-refractivity contribution in [2.24, 2.45) is 0 Å². The molecule has 1 atom stereocenters. The van der Waals surface area contributed by atoms with Crippen molar-refractivity contribution in [2.45, 2.75) is 6.04 Å². The summed E-state index contributed by atoms with van der Waals surface area (Å²) in [6.45, 7) is 1.56. The molecule has 2 aromatic heterocycles. The molecule has 23 heavy (non-hydrogen) atoms. The van der Waals surface area contributed by atoms with Crippen molar-refractivity contribution >= 4 is 16.8 Å². The molecule has 0 radical (unpaired) electrons. The van der Waals surface area contributed by atoms with Crippen LogP contribution in [0.1, 0.15) is 22.1 Å². The lowest BCUT2D eigenvalue weighted by Gasteiger charge is -2.35. The lowest BCUT2D eigenvalue weighted by atomic mass is 10.1. The number of pyridine rings is 1. The monoisotopic (exact) mass is 308 g/mol. The third-order valence-corrected chi connectivity index (χ3v) is 4.11. The van der Waals surface area contributed by atoms with Gasteiger partial charge in [0.1, 0.15) is 0 Å². The number of hydrogen-bond acceptors (Lipinski definition) is 4. The van der Waals surface area contributed by atoms with E-state index in [2.05, 4.69) is 15.2 Å². The van der Waals surface area contributed by atoms with Crippen LogP contribution in [0.4, 0.5) is 0 Å². The molecule has 116 valence electrons. The van der Waals surface area contributed by atoms with E-state index in [0.717, 1.165) is 16.6 Å². The van der Waals surface area contributed by atoms with E-state index in [9.17, 15) is 4.79 Å². The molecule has 0 spiro atoms. The molecular formula is C17H16N4O2. The van der Waals surface area contributed by atoms with E-state index < -0.39 is 0 Å². The Morgan fingerprint density at radius 2 is 2.22 bits per heavy atom. The number of nitrogens with zero attached hydrogens (tertiary/aromatic N) is 3. The number of rotatable bonds is 2. The Labute approximate surface area is 133 Å². The van der Waals surface area contributed by atoms with Crippen LogP contribution >= 0.6 is 0 Å². The number of carbonyl (C=O) groups excluding carboxylic acids is 1. The molecule has 0 unspecified atom stereocenters. The van der Waals surface area contributed by atoms with Gasteiger partial charge in [0, 0.05) is 24.3 Å². The maximum Gasteiger partial charge on any atom is 0.256 e. The standard InChI is InChI=1S/C17H16N4O2/c22-17(13-9-12-3-1-2-4-14(12)18-10-13)21-7-8-23-11-16(21)15-5-6-19-20-15/h1-6,9-10,16H,7-8,11H2,(H,19,20)/t16-/m0/s1. The van der Waals surface area contributed by atoms with Crippen LogP contribution < -0.4 is 0 Å². The van der Waals surface area contributed by atoms with Crippen LogP contribution in [0.15, 0.2) is 48.8 Å². The predicted molar refractivity (Wildman–Crippen MR) is 84.9 cm³/mol. The van der Waals surface area contributed by atoms with Crippen LogP contribution in [0.2, 0.25) is 0 Å². The van der Waals surface area contributed by atoms with E-state index in [4.69, 9.17) is 4.74 Å². The van der Waals surface area contributed by atoms with Crippen molar-refractivity contribution in [1.82, 2.24) is 20.1 Å². The first kappa shape index (κ1) is 13.9. The number of aromatic amines is 1. The van der Waals surface area contributed by atoms with Gasteiger partial charge in [0.25, 0.3) is 5.91 Å². The molecule has 0 saturated carbocycles. The van der Waals surface area contributed by atoms with Gasteiger partial charge in [-0.05, 0) is 18.2 Å². The van der Waals surface area contributed by atoms with Crippen LogP contribution in [-0.4, -0.2) is 45.7 Å². The average molecular weight is 308 g/mol. The van der Waals surface area contributed by atoms with E-state index in [-0.39, 0.29) is 11.9 Å². The van der Waals surface area contributed by atoms with Crippen LogP contribution in [0.3, 0.4) is 0 Å². The van der Waals surface area contributed by atoms with E-state index in [1.54, 1.807) is 12.4 Å². The van der Waals surface area contributed by atoms with Crippen molar-refractivity contribution in [3.8, 4) is 0 Å². The smallest absolute Gasteiger partial charge is 0.256 e. The molecule has 0 bridgehead atoms. The van der Waals surface area contributed by atoms with Gasteiger partial charge in [0.05, 0.1) is 36.0 Å². The molecular weight excluding hydrogens is 292 g/mol. The van der Waals surface area contributed by atoms with Crippen LogP contribution in [0.25, 0.3) is 10.9 Å². The van der Waals surface area contributed by atoms with Gasteiger partial charge in [-0.3, -0.25) is 14.9 Å². The fraction of sp³-hybridized carbons (Fsp3) is 0.235. The highest BCUT2D eigenvalue weighted by atomic mass is 16.5. The molecule has 1 aliphatic rings. The number of H-pyrrole nitrogens is 1. The Hall–Kier alpha value is -2.73. The number of fused-ring (bicyclic) bond motifs is 1. The van der Waals surface area contributed by atoms with Crippen LogP contribution in [0, 0.1) is 0 Å². The fourth-order valence-electron chi connectivity index (χ4n) is 2.91. The summed E-state index contributed by atoms with van der Waals surface area (Å²) >= 11 is 0. The quantitative estimate of drug-likeness (QED) is 0.787. The molecule has 6 nitrogen and oxygen atoms in total. The summed E-state index contributed by atoms with van der Waals surface area (Å²) in [4.78, 5) is 19.2. The van der Waals surface area contributed by atoms with Crippen molar-refractivity contribution in [2.75, 3.05) is 19.8 Å². The molecule has 3 heterocycles. The molecule has 6 heteroatoms. The largest absolute Gasteiger partial charge is 0.377 e. The first-order valence-electron chi connectivity index (χ1n) is 7.56. The van der Waals surface area contributed by atoms with Crippen LogP contribution in [-0.2, 0) is 4.74 Å². The van der Waals surface area contributed by atoms with Gasteiger partial charge < -0.3 is 9.64 Å². The summed E-state index contributed by atoms with van der Waals surface area (Å²) in [6, 6.07) is 11.4. The number of hydrogen-bond donors (Lipinski definition) is 1. The fourth-order valence-corrected chi connectivity index (χ4v) is 2.91. The van der Waals surface area contributed by atoms with Crippen molar-refractivity contribution in [3.63, 3.8) is 0 Å². The minimum absolute atomic E-state index is 0.0360. The highest BCUT2D eigenvalue weighted by Crippen LogP contribution is 2.25. The van der Waals surface area contributed by atoms with Crippen LogP contribution in [0.5, 0.6) is 0 Å². The first-order chi connectivity index (χ1) is 11.3. The van der Waals surface area contributed by atoms with Gasteiger partial charge in [-0.1, -0.05) is 18.2 Å². The van der Waals surface area contributed by atoms with E-state index in [0.29, 0.717) is 25.3 Å². The molecule has 3 aromatic rings. The van der Waals surface area contributed by atoms with Gasteiger partial charge in [0.15, 0.2) is 0 Å². The maximum atomic E-state index is 12.9. The number of carbonyl (C=O) groups is 1. The average Bonchev–Trinajstić information content (AvgIpc) is 3.15. The summed E-state index contributed by atoms with van der Waals surface area (Å²) < 4.78 is 5.54. The third kappa shape index (κ3) is 2.57. The highest BCUT2D eigenvalue weighted by molar-refractivity contribution is 5.97. The SMILES string of the molecule is O=C(c1cnc2ccccc2c1)N1CCOC[C@H]1c1ccn[nH]1. The Morgan fingerprint density at radius 3 is 3.09 bits per heavy atom. The molecule has 1 saturated heterocycles. The Morgan fingerprint density at radius 1 is 1.30 bits per heavy atom. The van der Waals surface area contributed by atoms with Crippen molar-refractivity contribution in [1.29, 1.82) is 0 Å². The normalized spacial score (nSPS) is 18.3. The van der Waals surface area contributed by atoms with Gasteiger partial charge in [0.2, 0.25) is 0 Å². The molecule has 1 fully saturated rings. The summed E-state index contributed by atoms with van der Waals surface area (Å²) in [5, 5.41) is 7.87. The van der Waals surface area contributed by atoms with Gasteiger partial charge in [-0.25, -0.2) is 0 Å². The number of benzene rings is 1. The second kappa shape index (κ2) is 5.81. The molecule has 4 rings (SSSR count). The zero-order valence-corrected chi connectivity index (χ0v) is 12.5. The topological polar surface area (TPSA) is 71.1 Å². The number of ether oxygens (including phenoxy) is 1. The summed E-state index contributed by atoms with van der Waals surface area (Å²) in [5.74, 6) is -0.0360. The lowest BCUT2D eigenvalue weighted by Crippen LogP contribution is -2.43. The molecule has 1 aliphatic heterocycles. The summed E-state index contributed by atoms with van der Waals surface area (Å²) in [5.41, 5.74) is 2.36. The third-order valence-electron chi connectivity index (χ3n) is 4.11. The van der Waals surface area contributed by atoms with Crippen molar-refractivity contribution < 1.29 is 9.53 Å². The van der Waals surface area contributed by atoms with Crippen molar-refractivity contribution in [3.05, 3.63) is 60.0 Å². The molecule has 0 aliphatic carbocycles. The van der Waals surface area contributed by atoms with E-state index in [1.807, 2.05) is 41.3 Å².